The number of hydrogen-bond acceptors (Lipinski definition) is 5. The molecule has 1 fully saturated rings. The Morgan fingerprint density at radius 1 is 1.37 bits per heavy atom. The Morgan fingerprint density at radius 3 is 2.79 bits per heavy atom. The molecular formula is C13H19N3O3. The number of carboxylic acid groups (broad SMARTS) is 1. The zero-order valence-electron chi connectivity index (χ0n) is 10.8. The smallest absolute Gasteiger partial charge is 0.339 e. The number of aromatic nitrogens is 2. The van der Waals surface area contributed by atoms with Crippen LogP contribution in [0.4, 0.5) is 0 Å². The molecule has 1 aromatic rings. The van der Waals surface area contributed by atoms with Crippen molar-refractivity contribution in [2.24, 2.45) is 0 Å². The zero-order valence-corrected chi connectivity index (χ0v) is 10.8. The van der Waals surface area contributed by atoms with Gasteiger partial charge in [0.15, 0.2) is 0 Å². The van der Waals surface area contributed by atoms with E-state index in [4.69, 9.17) is 5.11 Å². The molecule has 6 heteroatoms. The normalized spacial score (nSPS) is 18.2. The molecule has 0 aromatic carbocycles. The second-order valence-electron chi connectivity index (χ2n) is 5.08. The van der Waals surface area contributed by atoms with Gasteiger partial charge in [-0.3, -0.25) is 0 Å². The molecule has 1 aliphatic carbocycles. The summed E-state index contributed by atoms with van der Waals surface area (Å²) in [5.74, 6) is -1.03. The number of rotatable bonds is 5. The SMILES string of the molecule is O=C(O)c1cncnc1CNCC1(O)CCCCC1. The van der Waals surface area contributed by atoms with Crippen LogP contribution in [-0.2, 0) is 6.54 Å². The maximum absolute atomic E-state index is 11.0. The minimum atomic E-state index is -1.03. The van der Waals surface area contributed by atoms with Crippen LogP contribution in [0.3, 0.4) is 0 Å². The Kier molecular flexibility index (Phi) is 4.44. The van der Waals surface area contributed by atoms with Crippen molar-refractivity contribution in [3.05, 3.63) is 23.8 Å². The Morgan fingerprint density at radius 2 is 2.11 bits per heavy atom. The fourth-order valence-corrected chi connectivity index (χ4v) is 2.47. The molecule has 0 bridgehead atoms. The van der Waals surface area contributed by atoms with Gasteiger partial charge in [0, 0.05) is 19.3 Å². The van der Waals surface area contributed by atoms with Gasteiger partial charge in [-0.15, -0.1) is 0 Å². The van der Waals surface area contributed by atoms with Crippen LogP contribution in [0.1, 0.15) is 48.2 Å². The molecule has 0 atom stereocenters. The van der Waals surface area contributed by atoms with E-state index in [0.29, 0.717) is 18.8 Å². The molecule has 0 aliphatic heterocycles. The Hall–Kier alpha value is -1.53. The maximum atomic E-state index is 11.0. The number of carboxylic acids is 1. The molecule has 6 nitrogen and oxygen atoms in total. The van der Waals surface area contributed by atoms with Crippen LogP contribution in [0.5, 0.6) is 0 Å². The van der Waals surface area contributed by atoms with Crippen LogP contribution in [0.15, 0.2) is 12.5 Å². The molecule has 2 rings (SSSR count). The second kappa shape index (κ2) is 6.08. The standard InChI is InChI=1S/C13H19N3O3/c17-12(18)10-6-15-9-16-11(10)7-14-8-13(19)4-2-1-3-5-13/h6,9,14,19H,1-5,7-8H2,(H,17,18). The number of carbonyl (C=O) groups is 1. The predicted octanol–water partition coefficient (Wildman–Crippen LogP) is 0.960. The fourth-order valence-electron chi connectivity index (χ4n) is 2.47. The monoisotopic (exact) mass is 265 g/mol. The molecule has 0 radical (unpaired) electrons. The predicted molar refractivity (Wildman–Crippen MR) is 68.7 cm³/mol. The summed E-state index contributed by atoms with van der Waals surface area (Å²) in [7, 11) is 0. The first-order chi connectivity index (χ1) is 9.11. The van der Waals surface area contributed by atoms with Gasteiger partial charge in [-0.2, -0.15) is 0 Å². The third-order valence-corrected chi connectivity index (χ3v) is 3.56. The lowest BCUT2D eigenvalue weighted by Crippen LogP contribution is -2.42. The van der Waals surface area contributed by atoms with E-state index < -0.39 is 11.6 Å². The fraction of sp³-hybridized carbons (Fsp3) is 0.615. The van der Waals surface area contributed by atoms with Crippen molar-refractivity contribution in [1.29, 1.82) is 0 Å². The average Bonchev–Trinajstić information content (AvgIpc) is 2.40. The van der Waals surface area contributed by atoms with Crippen LogP contribution in [0.25, 0.3) is 0 Å². The Bertz CT molecular complexity index is 445. The van der Waals surface area contributed by atoms with Crippen LogP contribution in [0.2, 0.25) is 0 Å². The van der Waals surface area contributed by atoms with E-state index in [1.54, 1.807) is 0 Å². The Labute approximate surface area is 111 Å². The van der Waals surface area contributed by atoms with E-state index in [-0.39, 0.29) is 5.56 Å². The highest BCUT2D eigenvalue weighted by Crippen LogP contribution is 2.27. The van der Waals surface area contributed by atoms with Gasteiger partial charge in [0.2, 0.25) is 0 Å². The van der Waals surface area contributed by atoms with Crippen LogP contribution < -0.4 is 5.32 Å². The number of nitrogens with one attached hydrogen (secondary N) is 1. The van der Waals surface area contributed by atoms with Gasteiger partial charge in [0.1, 0.15) is 11.9 Å². The summed E-state index contributed by atoms with van der Waals surface area (Å²) < 4.78 is 0. The van der Waals surface area contributed by atoms with Crippen molar-refractivity contribution in [2.45, 2.75) is 44.2 Å². The van der Waals surface area contributed by atoms with Gasteiger partial charge in [0.25, 0.3) is 0 Å². The molecule has 0 spiro atoms. The summed E-state index contributed by atoms with van der Waals surface area (Å²) in [5.41, 5.74) is -0.109. The lowest BCUT2D eigenvalue weighted by atomic mass is 9.85. The Balaban J connectivity index is 1.90. The largest absolute Gasteiger partial charge is 0.478 e. The third kappa shape index (κ3) is 3.71. The highest BCUT2D eigenvalue weighted by molar-refractivity contribution is 5.88. The van der Waals surface area contributed by atoms with Gasteiger partial charge in [-0.05, 0) is 12.8 Å². The van der Waals surface area contributed by atoms with E-state index >= 15 is 0 Å². The zero-order chi connectivity index (χ0) is 13.7. The van der Waals surface area contributed by atoms with Gasteiger partial charge in [-0.25, -0.2) is 14.8 Å². The van der Waals surface area contributed by atoms with Crippen molar-refractivity contribution < 1.29 is 15.0 Å². The third-order valence-electron chi connectivity index (χ3n) is 3.56. The van der Waals surface area contributed by atoms with Crippen molar-refractivity contribution in [3.8, 4) is 0 Å². The van der Waals surface area contributed by atoms with Crippen LogP contribution in [0, 0.1) is 0 Å². The van der Waals surface area contributed by atoms with Gasteiger partial charge >= 0.3 is 5.97 Å². The quantitative estimate of drug-likeness (QED) is 0.734. The van der Waals surface area contributed by atoms with Crippen LogP contribution >= 0.6 is 0 Å². The van der Waals surface area contributed by atoms with E-state index in [2.05, 4.69) is 15.3 Å². The molecule has 3 N–H and O–H groups in total. The molecule has 104 valence electrons. The number of hydrogen-bond donors (Lipinski definition) is 3. The number of nitrogens with zero attached hydrogens (tertiary/aromatic N) is 2. The molecule has 1 heterocycles. The van der Waals surface area contributed by atoms with Crippen molar-refractivity contribution >= 4 is 5.97 Å². The van der Waals surface area contributed by atoms with Crippen molar-refractivity contribution in [2.75, 3.05) is 6.54 Å². The van der Waals surface area contributed by atoms with Crippen LogP contribution in [-0.4, -0.2) is 38.3 Å². The molecule has 0 amide bonds. The van der Waals surface area contributed by atoms with Gasteiger partial charge in [0.05, 0.1) is 11.3 Å². The first kappa shape index (κ1) is 13.9. The summed E-state index contributed by atoms with van der Waals surface area (Å²) in [5, 5.41) is 22.4. The lowest BCUT2D eigenvalue weighted by Gasteiger charge is -2.32. The number of aromatic carboxylic acids is 1. The van der Waals surface area contributed by atoms with Gasteiger partial charge < -0.3 is 15.5 Å². The lowest BCUT2D eigenvalue weighted by molar-refractivity contribution is 0.00461. The molecule has 1 aliphatic rings. The highest BCUT2D eigenvalue weighted by Gasteiger charge is 2.28. The first-order valence-corrected chi connectivity index (χ1v) is 6.56. The van der Waals surface area contributed by atoms with E-state index in [1.807, 2.05) is 0 Å². The summed E-state index contributed by atoms with van der Waals surface area (Å²) in [6.07, 6.45) is 7.50. The molecule has 19 heavy (non-hydrogen) atoms. The number of aliphatic hydroxyl groups is 1. The molecular weight excluding hydrogens is 246 g/mol. The maximum Gasteiger partial charge on any atom is 0.339 e. The highest BCUT2D eigenvalue weighted by atomic mass is 16.4. The molecule has 1 aromatic heterocycles. The van der Waals surface area contributed by atoms with Crippen molar-refractivity contribution in [1.82, 2.24) is 15.3 Å². The minimum absolute atomic E-state index is 0.102. The molecule has 1 saturated carbocycles. The minimum Gasteiger partial charge on any atom is -0.478 e. The summed E-state index contributed by atoms with van der Waals surface area (Å²) in [6, 6.07) is 0. The first-order valence-electron chi connectivity index (χ1n) is 6.56. The van der Waals surface area contributed by atoms with E-state index in [1.165, 1.54) is 18.9 Å². The topological polar surface area (TPSA) is 95.3 Å². The summed E-state index contributed by atoms with van der Waals surface area (Å²) in [4.78, 5) is 18.7. The summed E-state index contributed by atoms with van der Waals surface area (Å²) in [6.45, 7) is 0.794. The van der Waals surface area contributed by atoms with E-state index in [9.17, 15) is 9.90 Å². The summed E-state index contributed by atoms with van der Waals surface area (Å²) >= 11 is 0. The molecule has 0 unspecified atom stereocenters. The van der Waals surface area contributed by atoms with Crippen molar-refractivity contribution in [3.63, 3.8) is 0 Å². The van der Waals surface area contributed by atoms with Gasteiger partial charge in [-0.1, -0.05) is 19.3 Å². The molecule has 0 saturated heterocycles. The second-order valence-corrected chi connectivity index (χ2v) is 5.08. The average molecular weight is 265 g/mol. The van der Waals surface area contributed by atoms with E-state index in [0.717, 1.165) is 25.7 Å².